The lowest BCUT2D eigenvalue weighted by Gasteiger charge is -2.28. The molecular weight excluding hydrogens is 302 g/mol. The SMILES string of the molecule is Cc1cnc(OCC(C)(C)C(=O)N[C@H]2CN(C)CC23CC3)c(C)c1. The standard InChI is InChI=1S/C19H29N3O2/c1-13-8-14(2)16(20-9-13)24-12-18(3,4)17(23)21-15-10-22(5)11-19(15)6-7-19/h8-9,15H,6-7,10-12H2,1-5H3,(H,21,23)/t15-/m0/s1. The summed E-state index contributed by atoms with van der Waals surface area (Å²) in [6.07, 6.45) is 4.25. The van der Waals surface area contributed by atoms with Crippen LogP contribution in [0.5, 0.6) is 5.88 Å². The minimum atomic E-state index is -0.587. The van der Waals surface area contributed by atoms with Crippen molar-refractivity contribution in [2.45, 2.75) is 46.6 Å². The Labute approximate surface area is 144 Å². The molecule has 24 heavy (non-hydrogen) atoms. The van der Waals surface area contributed by atoms with Gasteiger partial charge < -0.3 is 15.0 Å². The fourth-order valence-corrected chi connectivity index (χ4v) is 3.61. The lowest BCUT2D eigenvalue weighted by Crippen LogP contribution is -2.48. The summed E-state index contributed by atoms with van der Waals surface area (Å²) in [6, 6.07) is 2.31. The molecule has 1 spiro atoms. The molecule has 2 heterocycles. The first-order valence-corrected chi connectivity index (χ1v) is 8.77. The van der Waals surface area contributed by atoms with Crippen LogP contribution < -0.4 is 10.1 Å². The predicted molar refractivity (Wildman–Crippen MR) is 94.1 cm³/mol. The Balaban J connectivity index is 1.59. The van der Waals surface area contributed by atoms with Crippen LogP contribution in [-0.4, -0.2) is 48.6 Å². The predicted octanol–water partition coefficient (Wildman–Crippen LogP) is 2.31. The van der Waals surface area contributed by atoms with Gasteiger partial charge in [0.05, 0.1) is 5.41 Å². The number of carbonyl (C=O) groups excluding carboxylic acids is 1. The van der Waals surface area contributed by atoms with Crippen molar-refractivity contribution in [3.8, 4) is 5.88 Å². The van der Waals surface area contributed by atoms with Gasteiger partial charge in [0, 0.05) is 36.3 Å². The monoisotopic (exact) mass is 331 g/mol. The van der Waals surface area contributed by atoms with E-state index in [1.54, 1.807) is 6.20 Å². The average molecular weight is 331 g/mol. The van der Waals surface area contributed by atoms with Crippen LogP contribution in [-0.2, 0) is 4.79 Å². The molecule has 3 rings (SSSR count). The van der Waals surface area contributed by atoms with Crippen molar-refractivity contribution in [3.63, 3.8) is 0 Å². The number of nitrogens with one attached hydrogen (secondary N) is 1. The third-order valence-corrected chi connectivity index (χ3v) is 5.37. The molecular formula is C19H29N3O2. The molecule has 0 bridgehead atoms. The van der Waals surface area contributed by atoms with E-state index < -0.39 is 5.41 Å². The number of aromatic nitrogens is 1. The second-order valence-corrected chi connectivity index (χ2v) is 8.39. The van der Waals surface area contributed by atoms with Gasteiger partial charge in [-0.05, 0) is 59.2 Å². The number of pyridine rings is 1. The molecule has 5 nitrogen and oxygen atoms in total. The molecule has 0 unspecified atom stereocenters. The van der Waals surface area contributed by atoms with Crippen molar-refractivity contribution in [1.29, 1.82) is 0 Å². The highest BCUT2D eigenvalue weighted by atomic mass is 16.5. The summed E-state index contributed by atoms with van der Waals surface area (Å²) in [7, 11) is 2.13. The first-order chi connectivity index (χ1) is 11.2. The van der Waals surface area contributed by atoms with Gasteiger partial charge in [-0.15, -0.1) is 0 Å². The number of hydrogen-bond acceptors (Lipinski definition) is 4. The maximum atomic E-state index is 12.8. The van der Waals surface area contributed by atoms with Gasteiger partial charge in [0.15, 0.2) is 0 Å². The van der Waals surface area contributed by atoms with Crippen LogP contribution in [0.25, 0.3) is 0 Å². The third-order valence-electron chi connectivity index (χ3n) is 5.37. The number of carbonyl (C=O) groups is 1. The normalized spacial score (nSPS) is 22.6. The van der Waals surface area contributed by atoms with Crippen LogP contribution in [0.4, 0.5) is 0 Å². The van der Waals surface area contributed by atoms with Crippen LogP contribution in [0, 0.1) is 24.7 Å². The van der Waals surface area contributed by atoms with Gasteiger partial charge in [0.2, 0.25) is 11.8 Å². The van der Waals surface area contributed by atoms with Crippen LogP contribution in [0.1, 0.15) is 37.8 Å². The van der Waals surface area contributed by atoms with E-state index in [2.05, 4.69) is 22.2 Å². The molecule has 5 heteroatoms. The number of ether oxygens (including phenoxy) is 1. The Morgan fingerprint density at radius 2 is 2.17 bits per heavy atom. The van der Waals surface area contributed by atoms with Gasteiger partial charge in [-0.1, -0.05) is 0 Å². The third kappa shape index (κ3) is 3.41. The number of amides is 1. The minimum absolute atomic E-state index is 0.0684. The number of aryl methyl sites for hydroxylation is 2. The highest BCUT2D eigenvalue weighted by Crippen LogP contribution is 2.52. The van der Waals surface area contributed by atoms with Gasteiger partial charge >= 0.3 is 0 Å². The Hall–Kier alpha value is -1.62. The van der Waals surface area contributed by atoms with Crippen molar-refractivity contribution in [1.82, 2.24) is 15.2 Å². The Kier molecular flexibility index (Phi) is 4.32. The number of likely N-dealkylation sites (tertiary alicyclic amines) is 1. The van der Waals surface area contributed by atoms with E-state index in [0.717, 1.165) is 24.2 Å². The van der Waals surface area contributed by atoms with E-state index in [0.29, 0.717) is 17.9 Å². The summed E-state index contributed by atoms with van der Waals surface area (Å²) >= 11 is 0. The molecule has 0 aromatic carbocycles. The first kappa shape index (κ1) is 17.2. The fourth-order valence-electron chi connectivity index (χ4n) is 3.61. The quantitative estimate of drug-likeness (QED) is 0.900. The van der Waals surface area contributed by atoms with Crippen molar-refractivity contribution in [2.24, 2.45) is 10.8 Å². The summed E-state index contributed by atoms with van der Waals surface area (Å²) in [5.41, 5.74) is 1.85. The molecule has 1 saturated carbocycles. The summed E-state index contributed by atoms with van der Waals surface area (Å²) < 4.78 is 5.85. The number of nitrogens with zero attached hydrogens (tertiary/aromatic N) is 2. The highest BCUT2D eigenvalue weighted by molar-refractivity contribution is 5.82. The summed E-state index contributed by atoms with van der Waals surface area (Å²) in [5, 5.41) is 3.28. The van der Waals surface area contributed by atoms with E-state index in [1.165, 1.54) is 12.8 Å². The van der Waals surface area contributed by atoms with E-state index in [4.69, 9.17) is 4.74 Å². The van der Waals surface area contributed by atoms with Crippen LogP contribution >= 0.6 is 0 Å². The van der Waals surface area contributed by atoms with Gasteiger partial charge in [-0.25, -0.2) is 4.98 Å². The lowest BCUT2D eigenvalue weighted by molar-refractivity contribution is -0.131. The van der Waals surface area contributed by atoms with Gasteiger partial charge in [0.1, 0.15) is 6.61 Å². The Morgan fingerprint density at radius 1 is 1.46 bits per heavy atom. The molecule has 1 aliphatic heterocycles. The van der Waals surface area contributed by atoms with E-state index in [9.17, 15) is 4.79 Å². The van der Waals surface area contributed by atoms with Crippen LogP contribution in [0.3, 0.4) is 0 Å². The number of likely N-dealkylation sites (N-methyl/N-ethyl adjacent to an activating group) is 1. The molecule has 1 amide bonds. The summed E-state index contributed by atoms with van der Waals surface area (Å²) in [4.78, 5) is 19.4. The molecule has 132 valence electrons. The smallest absolute Gasteiger partial charge is 0.229 e. The average Bonchev–Trinajstić information content (AvgIpc) is 3.18. The van der Waals surface area contributed by atoms with Crippen molar-refractivity contribution >= 4 is 5.91 Å². The lowest BCUT2D eigenvalue weighted by atomic mass is 9.91. The zero-order valence-corrected chi connectivity index (χ0v) is 15.5. The van der Waals surface area contributed by atoms with Gasteiger partial charge in [0.25, 0.3) is 0 Å². The largest absolute Gasteiger partial charge is 0.476 e. The molecule has 2 fully saturated rings. The van der Waals surface area contributed by atoms with E-state index in [1.807, 2.05) is 33.8 Å². The molecule has 2 aliphatic rings. The number of hydrogen-bond donors (Lipinski definition) is 1. The Morgan fingerprint density at radius 3 is 2.79 bits per heavy atom. The van der Waals surface area contributed by atoms with Crippen LogP contribution in [0.2, 0.25) is 0 Å². The maximum Gasteiger partial charge on any atom is 0.229 e. The van der Waals surface area contributed by atoms with Crippen molar-refractivity contribution in [2.75, 3.05) is 26.7 Å². The summed E-state index contributed by atoms with van der Waals surface area (Å²) in [5.74, 6) is 0.680. The topological polar surface area (TPSA) is 54.5 Å². The van der Waals surface area contributed by atoms with E-state index in [-0.39, 0.29) is 11.9 Å². The Bertz CT molecular complexity index is 637. The number of rotatable bonds is 5. The van der Waals surface area contributed by atoms with Gasteiger partial charge in [-0.3, -0.25) is 4.79 Å². The molecule has 0 radical (unpaired) electrons. The molecule has 1 atom stereocenters. The molecule has 1 aliphatic carbocycles. The zero-order valence-electron chi connectivity index (χ0n) is 15.5. The second-order valence-electron chi connectivity index (χ2n) is 8.39. The fraction of sp³-hybridized carbons (Fsp3) is 0.684. The van der Waals surface area contributed by atoms with Crippen molar-refractivity contribution < 1.29 is 9.53 Å². The maximum absolute atomic E-state index is 12.8. The van der Waals surface area contributed by atoms with Crippen LogP contribution in [0.15, 0.2) is 12.3 Å². The first-order valence-electron chi connectivity index (χ1n) is 8.77. The summed E-state index contributed by atoms with van der Waals surface area (Å²) in [6.45, 7) is 10.2. The van der Waals surface area contributed by atoms with Gasteiger partial charge in [-0.2, -0.15) is 0 Å². The second kappa shape index (κ2) is 6.03. The molecule has 1 N–H and O–H groups in total. The highest BCUT2D eigenvalue weighted by Gasteiger charge is 2.55. The van der Waals surface area contributed by atoms with Crippen molar-refractivity contribution in [3.05, 3.63) is 23.4 Å². The van der Waals surface area contributed by atoms with E-state index >= 15 is 0 Å². The molecule has 1 aromatic heterocycles. The molecule has 1 aromatic rings. The molecule has 1 saturated heterocycles. The minimum Gasteiger partial charge on any atom is -0.476 e. The zero-order chi connectivity index (χ0) is 17.5.